The van der Waals surface area contributed by atoms with Crippen molar-refractivity contribution in [3.8, 4) is 11.5 Å². The van der Waals surface area contributed by atoms with Crippen LogP contribution in [-0.2, 0) is 4.79 Å². The molecule has 0 saturated carbocycles. The van der Waals surface area contributed by atoms with E-state index in [4.69, 9.17) is 21.1 Å². The number of hydrogen-bond donors (Lipinski definition) is 1. The predicted molar refractivity (Wildman–Crippen MR) is 97.8 cm³/mol. The standard InChI is InChI=1S/C19H20ClNO4/c1-3-25-18-7-5-4-6-15(18)21-19(23)11-9-16(22)14-12-13(20)8-10-17(14)24-2/h4-8,10,12H,3,9,11H2,1-2H3,(H,21,23). The molecule has 0 saturated heterocycles. The van der Waals surface area contributed by atoms with Crippen LogP contribution >= 0.6 is 11.6 Å². The van der Waals surface area contributed by atoms with Crippen molar-refractivity contribution in [3.63, 3.8) is 0 Å². The number of hydrogen-bond acceptors (Lipinski definition) is 4. The lowest BCUT2D eigenvalue weighted by molar-refractivity contribution is -0.116. The topological polar surface area (TPSA) is 64.6 Å². The number of methoxy groups -OCH3 is 1. The smallest absolute Gasteiger partial charge is 0.224 e. The number of benzene rings is 2. The van der Waals surface area contributed by atoms with Gasteiger partial charge in [-0.25, -0.2) is 0 Å². The number of rotatable bonds is 8. The second-order valence-electron chi connectivity index (χ2n) is 5.25. The van der Waals surface area contributed by atoms with Crippen LogP contribution in [0.1, 0.15) is 30.1 Å². The Bertz CT molecular complexity index is 761. The fourth-order valence-corrected chi connectivity index (χ4v) is 2.50. The molecule has 2 aromatic rings. The van der Waals surface area contributed by atoms with E-state index >= 15 is 0 Å². The minimum absolute atomic E-state index is 0.0506. The lowest BCUT2D eigenvalue weighted by atomic mass is 10.1. The lowest BCUT2D eigenvalue weighted by Gasteiger charge is -2.11. The average Bonchev–Trinajstić information content (AvgIpc) is 2.61. The maximum atomic E-state index is 12.4. The maximum Gasteiger partial charge on any atom is 0.224 e. The first kappa shape index (κ1) is 18.8. The molecule has 0 aromatic heterocycles. The van der Waals surface area contributed by atoms with E-state index in [1.807, 2.05) is 13.0 Å². The quantitative estimate of drug-likeness (QED) is 0.710. The summed E-state index contributed by atoms with van der Waals surface area (Å²) in [5, 5.41) is 3.21. The molecule has 2 aromatic carbocycles. The van der Waals surface area contributed by atoms with Crippen molar-refractivity contribution in [2.24, 2.45) is 0 Å². The Labute approximate surface area is 151 Å². The van der Waals surface area contributed by atoms with E-state index in [0.717, 1.165) is 0 Å². The molecule has 0 spiro atoms. The Balaban J connectivity index is 1.98. The SMILES string of the molecule is CCOc1ccccc1NC(=O)CCC(=O)c1cc(Cl)ccc1OC. The number of ketones is 1. The first-order valence-corrected chi connectivity index (χ1v) is 8.31. The third-order valence-corrected chi connectivity index (χ3v) is 3.74. The molecule has 6 heteroatoms. The minimum Gasteiger partial charge on any atom is -0.496 e. The summed E-state index contributed by atoms with van der Waals surface area (Å²) >= 11 is 5.93. The molecule has 0 radical (unpaired) electrons. The molecule has 0 fully saturated rings. The Morgan fingerprint density at radius 1 is 1.08 bits per heavy atom. The van der Waals surface area contributed by atoms with Crippen molar-refractivity contribution in [1.29, 1.82) is 0 Å². The first-order chi connectivity index (χ1) is 12.0. The highest BCUT2D eigenvalue weighted by molar-refractivity contribution is 6.31. The highest BCUT2D eigenvalue weighted by atomic mass is 35.5. The normalized spacial score (nSPS) is 10.2. The lowest BCUT2D eigenvalue weighted by Crippen LogP contribution is -2.14. The van der Waals surface area contributed by atoms with Gasteiger partial charge in [0.05, 0.1) is 25.0 Å². The number of halogens is 1. The Morgan fingerprint density at radius 3 is 2.56 bits per heavy atom. The fraction of sp³-hybridized carbons (Fsp3) is 0.263. The Hall–Kier alpha value is -2.53. The second-order valence-corrected chi connectivity index (χ2v) is 5.68. The number of nitrogens with one attached hydrogen (secondary N) is 1. The van der Waals surface area contributed by atoms with Crippen LogP contribution in [0.25, 0.3) is 0 Å². The van der Waals surface area contributed by atoms with E-state index in [2.05, 4.69) is 5.32 Å². The van der Waals surface area contributed by atoms with E-state index in [-0.39, 0.29) is 24.5 Å². The molecule has 5 nitrogen and oxygen atoms in total. The molecular weight excluding hydrogens is 342 g/mol. The van der Waals surface area contributed by atoms with Gasteiger partial charge in [0.1, 0.15) is 11.5 Å². The number of anilines is 1. The summed E-state index contributed by atoms with van der Waals surface area (Å²) < 4.78 is 10.6. The molecule has 25 heavy (non-hydrogen) atoms. The molecule has 0 aliphatic carbocycles. The molecule has 0 heterocycles. The number of ether oxygens (including phenoxy) is 2. The van der Waals surface area contributed by atoms with Crippen LogP contribution in [0.15, 0.2) is 42.5 Å². The van der Waals surface area contributed by atoms with Crippen LogP contribution in [0.2, 0.25) is 5.02 Å². The van der Waals surface area contributed by atoms with Crippen molar-refractivity contribution in [1.82, 2.24) is 0 Å². The molecule has 0 bridgehead atoms. The first-order valence-electron chi connectivity index (χ1n) is 7.93. The van der Waals surface area contributed by atoms with Crippen molar-refractivity contribution in [2.75, 3.05) is 19.0 Å². The van der Waals surface area contributed by atoms with Gasteiger partial charge in [0.15, 0.2) is 5.78 Å². The number of para-hydroxylation sites is 2. The zero-order valence-corrected chi connectivity index (χ0v) is 14.9. The molecule has 0 atom stereocenters. The molecule has 132 valence electrons. The van der Waals surface area contributed by atoms with Gasteiger partial charge >= 0.3 is 0 Å². The monoisotopic (exact) mass is 361 g/mol. The summed E-state index contributed by atoms with van der Waals surface area (Å²) in [6.45, 7) is 2.37. The highest BCUT2D eigenvalue weighted by Crippen LogP contribution is 2.26. The average molecular weight is 362 g/mol. The zero-order chi connectivity index (χ0) is 18.2. The van der Waals surface area contributed by atoms with E-state index in [1.165, 1.54) is 7.11 Å². The van der Waals surface area contributed by atoms with Crippen LogP contribution < -0.4 is 14.8 Å². The third-order valence-electron chi connectivity index (χ3n) is 3.50. The van der Waals surface area contributed by atoms with Gasteiger partial charge in [-0.05, 0) is 37.3 Å². The predicted octanol–water partition coefficient (Wildman–Crippen LogP) is 4.35. The largest absolute Gasteiger partial charge is 0.496 e. The van der Waals surface area contributed by atoms with Crippen molar-refractivity contribution in [3.05, 3.63) is 53.1 Å². The van der Waals surface area contributed by atoms with Crippen LogP contribution in [0.4, 0.5) is 5.69 Å². The van der Waals surface area contributed by atoms with Crippen LogP contribution in [0.3, 0.4) is 0 Å². The van der Waals surface area contributed by atoms with E-state index in [0.29, 0.717) is 34.4 Å². The van der Waals surface area contributed by atoms with E-state index in [1.54, 1.807) is 36.4 Å². The highest BCUT2D eigenvalue weighted by Gasteiger charge is 2.15. The number of carbonyl (C=O) groups is 2. The molecule has 2 rings (SSSR count). The Morgan fingerprint density at radius 2 is 1.84 bits per heavy atom. The van der Waals surface area contributed by atoms with Gasteiger partial charge in [0, 0.05) is 17.9 Å². The summed E-state index contributed by atoms with van der Waals surface area (Å²) in [5.74, 6) is 0.576. The summed E-state index contributed by atoms with van der Waals surface area (Å²) in [6.07, 6.45) is 0.105. The summed E-state index contributed by atoms with van der Waals surface area (Å²) in [4.78, 5) is 24.5. The molecule has 1 N–H and O–H groups in total. The van der Waals surface area contributed by atoms with Crippen molar-refractivity contribution < 1.29 is 19.1 Å². The number of amides is 1. The van der Waals surface area contributed by atoms with Crippen LogP contribution in [0.5, 0.6) is 11.5 Å². The van der Waals surface area contributed by atoms with Crippen LogP contribution in [-0.4, -0.2) is 25.4 Å². The second kappa shape index (κ2) is 9.08. The van der Waals surface area contributed by atoms with Gasteiger partial charge in [0.2, 0.25) is 5.91 Å². The molecular formula is C19H20ClNO4. The van der Waals surface area contributed by atoms with Gasteiger partial charge < -0.3 is 14.8 Å². The zero-order valence-electron chi connectivity index (χ0n) is 14.2. The summed E-state index contributed by atoms with van der Waals surface area (Å²) in [6, 6.07) is 12.0. The van der Waals surface area contributed by atoms with Gasteiger partial charge in [-0.2, -0.15) is 0 Å². The Kier molecular flexibility index (Phi) is 6.83. The molecule has 0 aliphatic heterocycles. The van der Waals surface area contributed by atoms with Gasteiger partial charge in [-0.15, -0.1) is 0 Å². The molecule has 0 aliphatic rings. The maximum absolute atomic E-state index is 12.4. The summed E-state index contributed by atoms with van der Waals surface area (Å²) in [7, 11) is 1.48. The minimum atomic E-state index is -0.263. The van der Waals surface area contributed by atoms with Gasteiger partial charge in [-0.1, -0.05) is 23.7 Å². The summed E-state index contributed by atoms with van der Waals surface area (Å²) in [5.41, 5.74) is 0.958. The third kappa shape index (κ3) is 5.22. The van der Waals surface area contributed by atoms with E-state index < -0.39 is 0 Å². The van der Waals surface area contributed by atoms with Gasteiger partial charge in [0.25, 0.3) is 0 Å². The van der Waals surface area contributed by atoms with Crippen LogP contribution in [0, 0.1) is 0 Å². The number of carbonyl (C=O) groups excluding carboxylic acids is 2. The van der Waals surface area contributed by atoms with Crippen molar-refractivity contribution >= 4 is 29.0 Å². The van der Waals surface area contributed by atoms with E-state index in [9.17, 15) is 9.59 Å². The molecule has 0 unspecified atom stereocenters. The van der Waals surface area contributed by atoms with Crippen molar-refractivity contribution in [2.45, 2.75) is 19.8 Å². The molecule has 1 amide bonds. The fourth-order valence-electron chi connectivity index (χ4n) is 2.32. The number of Topliss-reactive ketones (excluding diaryl/α,β-unsaturated/α-hetero) is 1. The van der Waals surface area contributed by atoms with Gasteiger partial charge in [-0.3, -0.25) is 9.59 Å².